The van der Waals surface area contributed by atoms with E-state index in [1.165, 1.54) is 35.8 Å². The van der Waals surface area contributed by atoms with Gasteiger partial charge >= 0.3 is 0 Å². The normalized spacial score (nSPS) is 12.0. The highest BCUT2D eigenvalue weighted by Crippen LogP contribution is 2.24. The molecule has 114 valence electrons. The molecule has 1 aromatic heterocycles. The number of furan rings is 1. The highest BCUT2D eigenvalue weighted by Gasteiger charge is 2.22. The van der Waals surface area contributed by atoms with E-state index in [0.717, 1.165) is 5.56 Å². The van der Waals surface area contributed by atoms with Crippen molar-refractivity contribution in [1.82, 2.24) is 4.31 Å². The molecule has 0 aliphatic heterocycles. The van der Waals surface area contributed by atoms with Crippen molar-refractivity contribution in [1.29, 1.82) is 0 Å². The van der Waals surface area contributed by atoms with Gasteiger partial charge in [0.2, 0.25) is 10.0 Å². The smallest absolute Gasteiger partial charge is 0.243 e. The Hall–Kier alpha value is -1.34. The number of aryl methyl sites for hydroxylation is 1. The van der Waals surface area contributed by atoms with Crippen molar-refractivity contribution in [2.24, 2.45) is 0 Å². The highest BCUT2D eigenvalue weighted by molar-refractivity contribution is 7.89. The van der Waals surface area contributed by atoms with Crippen LogP contribution in [0.15, 0.2) is 39.8 Å². The lowest BCUT2D eigenvalue weighted by molar-refractivity contribution is 0.282. The molecule has 0 unspecified atom stereocenters. The zero-order chi connectivity index (χ0) is 15.6. The van der Waals surface area contributed by atoms with Crippen molar-refractivity contribution in [3.8, 4) is 0 Å². The molecule has 2 rings (SSSR count). The van der Waals surface area contributed by atoms with Crippen molar-refractivity contribution in [3.05, 3.63) is 52.4 Å². The minimum Gasteiger partial charge on any atom is -0.469 e. The van der Waals surface area contributed by atoms with Crippen LogP contribution in [0.2, 0.25) is 5.02 Å². The Balaban J connectivity index is 2.29. The van der Waals surface area contributed by atoms with Crippen LogP contribution in [0, 0.1) is 6.92 Å². The summed E-state index contributed by atoms with van der Waals surface area (Å²) in [5, 5.41) is 9.30. The Labute approximate surface area is 128 Å². The molecule has 0 atom stereocenters. The minimum absolute atomic E-state index is 0.0911. The van der Waals surface area contributed by atoms with Crippen molar-refractivity contribution < 1.29 is 17.9 Å². The monoisotopic (exact) mass is 329 g/mol. The van der Waals surface area contributed by atoms with E-state index in [1.807, 2.05) is 0 Å². The van der Waals surface area contributed by atoms with Crippen LogP contribution >= 0.6 is 11.6 Å². The fourth-order valence-corrected chi connectivity index (χ4v) is 3.38. The Kier molecular flexibility index (Phi) is 4.73. The van der Waals surface area contributed by atoms with E-state index in [0.29, 0.717) is 11.3 Å². The molecular formula is C14H16ClNO4S. The van der Waals surface area contributed by atoms with Gasteiger partial charge in [-0.15, -0.1) is 0 Å². The fourth-order valence-electron chi connectivity index (χ4n) is 1.90. The van der Waals surface area contributed by atoms with Gasteiger partial charge in [0.25, 0.3) is 0 Å². The standard InChI is InChI=1S/C14H16ClNO4S/c1-10-11(5-6-20-10)8-16(2)21(18,19)13-4-3-12(9-17)14(15)7-13/h3-7,17H,8-9H2,1-2H3. The second kappa shape index (κ2) is 6.19. The van der Waals surface area contributed by atoms with Crippen molar-refractivity contribution in [3.63, 3.8) is 0 Å². The molecule has 0 bridgehead atoms. The van der Waals surface area contributed by atoms with Gasteiger partial charge in [0, 0.05) is 24.2 Å². The molecule has 1 aromatic carbocycles. The van der Waals surface area contributed by atoms with E-state index in [9.17, 15) is 8.42 Å². The van der Waals surface area contributed by atoms with E-state index in [1.54, 1.807) is 13.0 Å². The summed E-state index contributed by atoms with van der Waals surface area (Å²) in [6.45, 7) is 1.76. The molecule has 0 saturated heterocycles. The van der Waals surface area contributed by atoms with Crippen molar-refractivity contribution in [2.75, 3.05) is 7.05 Å². The second-order valence-electron chi connectivity index (χ2n) is 4.67. The van der Waals surface area contributed by atoms with E-state index >= 15 is 0 Å². The maximum Gasteiger partial charge on any atom is 0.243 e. The van der Waals surface area contributed by atoms with Crippen LogP contribution in [0.1, 0.15) is 16.9 Å². The van der Waals surface area contributed by atoms with Gasteiger partial charge in [-0.05, 0) is 30.7 Å². The van der Waals surface area contributed by atoms with E-state index in [-0.39, 0.29) is 23.1 Å². The molecule has 0 spiro atoms. The molecule has 2 aromatic rings. The molecule has 1 N–H and O–H groups in total. The lowest BCUT2D eigenvalue weighted by Crippen LogP contribution is -2.26. The molecule has 0 fully saturated rings. The molecule has 0 amide bonds. The van der Waals surface area contributed by atoms with Crippen molar-refractivity contribution >= 4 is 21.6 Å². The van der Waals surface area contributed by atoms with Crippen LogP contribution in [0.5, 0.6) is 0 Å². The van der Waals surface area contributed by atoms with Gasteiger partial charge in [-0.25, -0.2) is 8.42 Å². The summed E-state index contributed by atoms with van der Waals surface area (Å²) >= 11 is 5.95. The largest absolute Gasteiger partial charge is 0.469 e. The summed E-state index contributed by atoms with van der Waals surface area (Å²) in [7, 11) is -2.16. The summed E-state index contributed by atoms with van der Waals surface area (Å²) in [6, 6.07) is 6.03. The fraction of sp³-hybridized carbons (Fsp3) is 0.286. The molecule has 5 nitrogen and oxygen atoms in total. The zero-order valence-corrected chi connectivity index (χ0v) is 13.3. The summed E-state index contributed by atoms with van der Waals surface area (Å²) in [6.07, 6.45) is 1.53. The Morgan fingerprint density at radius 3 is 2.52 bits per heavy atom. The van der Waals surface area contributed by atoms with Crippen LogP contribution in [-0.2, 0) is 23.2 Å². The number of rotatable bonds is 5. The van der Waals surface area contributed by atoms with Crippen LogP contribution in [0.3, 0.4) is 0 Å². The lowest BCUT2D eigenvalue weighted by atomic mass is 10.2. The quantitative estimate of drug-likeness (QED) is 0.915. The molecule has 7 heteroatoms. The third kappa shape index (κ3) is 3.29. The molecule has 21 heavy (non-hydrogen) atoms. The first-order valence-electron chi connectivity index (χ1n) is 6.25. The maximum atomic E-state index is 12.5. The number of aliphatic hydroxyl groups excluding tert-OH is 1. The third-order valence-corrected chi connectivity index (χ3v) is 5.41. The van der Waals surface area contributed by atoms with E-state index in [4.69, 9.17) is 21.1 Å². The first-order chi connectivity index (χ1) is 9.86. The molecule has 0 radical (unpaired) electrons. The highest BCUT2D eigenvalue weighted by atomic mass is 35.5. The van der Waals surface area contributed by atoms with Crippen LogP contribution < -0.4 is 0 Å². The minimum atomic E-state index is -3.65. The molecule has 1 heterocycles. The number of aliphatic hydroxyl groups is 1. The third-order valence-electron chi connectivity index (χ3n) is 3.26. The van der Waals surface area contributed by atoms with Gasteiger partial charge in [-0.2, -0.15) is 4.31 Å². The topological polar surface area (TPSA) is 70.8 Å². The number of nitrogens with zero attached hydrogens (tertiary/aromatic N) is 1. The number of halogens is 1. The summed E-state index contributed by atoms with van der Waals surface area (Å²) in [5.41, 5.74) is 1.29. The summed E-state index contributed by atoms with van der Waals surface area (Å²) < 4.78 is 31.4. The lowest BCUT2D eigenvalue weighted by Gasteiger charge is -2.17. The van der Waals surface area contributed by atoms with E-state index < -0.39 is 10.0 Å². The average Bonchev–Trinajstić information content (AvgIpc) is 2.84. The number of hydrogen-bond donors (Lipinski definition) is 1. The van der Waals surface area contributed by atoms with Gasteiger partial charge in [0.15, 0.2) is 0 Å². The van der Waals surface area contributed by atoms with Gasteiger partial charge in [0.05, 0.1) is 17.8 Å². The number of sulfonamides is 1. The van der Waals surface area contributed by atoms with Crippen LogP contribution in [0.25, 0.3) is 0 Å². The molecule has 0 aliphatic rings. The van der Waals surface area contributed by atoms with Gasteiger partial charge < -0.3 is 9.52 Å². The van der Waals surface area contributed by atoms with Crippen LogP contribution in [0.4, 0.5) is 0 Å². The molecular weight excluding hydrogens is 314 g/mol. The average molecular weight is 330 g/mol. The molecule has 0 aliphatic carbocycles. The SMILES string of the molecule is Cc1occc1CN(C)S(=O)(=O)c1ccc(CO)c(Cl)c1. The second-order valence-corrected chi connectivity index (χ2v) is 7.13. The Bertz CT molecular complexity index is 739. The zero-order valence-electron chi connectivity index (χ0n) is 11.7. The Morgan fingerprint density at radius 1 is 1.29 bits per heavy atom. The Morgan fingerprint density at radius 2 is 2.00 bits per heavy atom. The number of hydrogen-bond acceptors (Lipinski definition) is 4. The van der Waals surface area contributed by atoms with Crippen molar-refractivity contribution in [2.45, 2.75) is 25.0 Å². The van der Waals surface area contributed by atoms with Gasteiger partial charge in [-0.1, -0.05) is 17.7 Å². The first kappa shape index (κ1) is 16.0. The predicted molar refractivity (Wildman–Crippen MR) is 79.5 cm³/mol. The van der Waals surface area contributed by atoms with E-state index in [2.05, 4.69) is 0 Å². The first-order valence-corrected chi connectivity index (χ1v) is 8.06. The number of benzene rings is 1. The summed E-state index contributed by atoms with van der Waals surface area (Å²) in [5.74, 6) is 0.686. The summed E-state index contributed by atoms with van der Waals surface area (Å²) in [4.78, 5) is 0.0911. The molecule has 0 saturated carbocycles. The predicted octanol–water partition coefficient (Wildman–Crippen LogP) is 2.55. The van der Waals surface area contributed by atoms with Gasteiger partial charge in [0.1, 0.15) is 5.76 Å². The maximum absolute atomic E-state index is 12.5. The van der Waals surface area contributed by atoms with Crippen LogP contribution in [-0.4, -0.2) is 24.9 Å². The van der Waals surface area contributed by atoms with Gasteiger partial charge in [-0.3, -0.25) is 0 Å².